The van der Waals surface area contributed by atoms with E-state index in [1.54, 1.807) is 36.9 Å². The fraction of sp³-hybridized carbons (Fsp3) is 0.450. The van der Waals surface area contributed by atoms with Gasteiger partial charge in [-0.2, -0.15) is 0 Å². The molecule has 8 rings (SSSR count). The number of carbonyl (C=O) groups excluding carboxylic acids is 6. The number of anilines is 2. The number of nitrogens with zero attached hydrogens (tertiary/aromatic N) is 7. The number of hydrogen-bond acceptors (Lipinski definition) is 12. The zero-order valence-electron chi connectivity index (χ0n) is 31.7. The van der Waals surface area contributed by atoms with Gasteiger partial charge in [0.2, 0.25) is 17.7 Å². The number of hydrogen-bond donors (Lipinski definition) is 4. The summed E-state index contributed by atoms with van der Waals surface area (Å²) in [5.74, 6) is -1.44. The van der Waals surface area contributed by atoms with Gasteiger partial charge < -0.3 is 25.4 Å². The Hall–Kier alpha value is -6.26. The first-order valence-electron chi connectivity index (χ1n) is 19.7. The van der Waals surface area contributed by atoms with Gasteiger partial charge in [-0.15, -0.1) is 0 Å². The van der Waals surface area contributed by atoms with Crippen molar-refractivity contribution in [1.82, 2.24) is 44.9 Å². The lowest BCUT2D eigenvalue weighted by Crippen LogP contribution is -2.54. The van der Waals surface area contributed by atoms with Gasteiger partial charge in [-0.1, -0.05) is 12.5 Å². The summed E-state index contributed by atoms with van der Waals surface area (Å²) in [6.45, 7) is 3.82. The van der Waals surface area contributed by atoms with E-state index in [1.165, 1.54) is 0 Å². The molecule has 0 bridgehead atoms. The number of nitrogens with one attached hydrogen (secondary N) is 4. The van der Waals surface area contributed by atoms with Crippen LogP contribution in [0.5, 0.6) is 0 Å². The maximum atomic E-state index is 13.1. The van der Waals surface area contributed by atoms with Gasteiger partial charge in [0, 0.05) is 62.0 Å². The predicted octanol–water partition coefficient (Wildman–Crippen LogP) is 3.14. The third-order valence-electron chi connectivity index (χ3n) is 11.3. The first-order valence-corrected chi connectivity index (χ1v) is 19.7. The number of benzene rings is 1. The SMILES string of the molecule is Cc1cccc(C(=O)NC2CC(n3cnc4c(NC5CCN(C(=O)CCCCCNc6ccc7c(c6)C(=O)N([C@H]6CCC(=O)NC6=O)C7=O)CC5)ncnc43)C2)n1. The van der Waals surface area contributed by atoms with E-state index >= 15 is 0 Å². The molecule has 3 aliphatic heterocycles. The van der Waals surface area contributed by atoms with Crippen LogP contribution in [0.3, 0.4) is 0 Å². The van der Waals surface area contributed by atoms with Gasteiger partial charge in [-0.3, -0.25) is 39.0 Å². The molecule has 1 aromatic carbocycles. The molecule has 296 valence electrons. The van der Waals surface area contributed by atoms with E-state index in [0.29, 0.717) is 48.8 Å². The molecule has 0 radical (unpaired) electrons. The number of piperidine rings is 2. The second-order valence-corrected chi connectivity index (χ2v) is 15.3. The van der Waals surface area contributed by atoms with Gasteiger partial charge in [-0.25, -0.2) is 19.9 Å². The molecule has 1 saturated carbocycles. The standard InChI is InChI=1S/C40H45N11O6/c1-23-6-5-7-30(45-23)37(54)47-26-18-27(19-26)50-22-44-34-35(42-21-43-36(34)50)46-24-13-16-49(17-14-24)33(53)8-3-2-4-15-41-25-9-10-28-29(20-25)40(57)51(39(28)56)31-11-12-32(52)48-38(31)55/h5-7,9-10,20-22,24,26-27,31,41H,2-4,8,11-19H2,1H3,(H,47,54)(H,42,43,46)(H,48,52,55)/t26?,27?,31-/m0/s1. The fourth-order valence-electron chi connectivity index (χ4n) is 8.10. The molecule has 17 nitrogen and oxygen atoms in total. The molecule has 4 aliphatic rings. The van der Waals surface area contributed by atoms with Crippen LogP contribution >= 0.6 is 0 Å². The van der Waals surface area contributed by atoms with Crippen molar-refractivity contribution in [1.29, 1.82) is 0 Å². The van der Waals surface area contributed by atoms with E-state index in [-0.39, 0.29) is 53.9 Å². The molecule has 3 fully saturated rings. The van der Waals surface area contributed by atoms with Gasteiger partial charge in [0.05, 0.1) is 17.5 Å². The monoisotopic (exact) mass is 775 g/mol. The minimum atomic E-state index is -0.996. The molecular weight excluding hydrogens is 731 g/mol. The van der Waals surface area contributed by atoms with E-state index < -0.39 is 29.7 Å². The van der Waals surface area contributed by atoms with Gasteiger partial charge >= 0.3 is 0 Å². The van der Waals surface area contributed by atoms with E-state index in [2.05, 4.69) is 45.8 Å². The Bertz CT molecular complexity index is 2240. The van der Waals surface area contributed by atoms with Crippen LogP contribution in [0, 0.1) is 6.92 Å². The molecular formula is C40H45N11O6. The van der Waals surface area contributed by atoms with E-state index in [1.807, 2.05) is 24.0 Å². The first kappa shape index (κ1) is 37.7. The van der Waals surface area contributed by atoms with Crippen molar-refractivity contribution in [2.75, 3.05) is 30.3 Å². The quantitative estimate of drug-likeness (QED) is 0.114. The van der Waals surface area contributed by atoms with Crippen LogP contribution in [0.15, 0.2) is 49.1 Å². The molecule has 2 saturated heterocycles. The van der Waals surface area contributed by atoms with Crippen LogP contribution in [-0.2, 0) is 14.4 Å². The molecule has 0 unspecified atom stereocenters. The summed E-state index contributed by atoms with van der Waals surface area (Å²) >= 11 is 0. The Morgan fingerprint density at radius 3 is 2.49 bits per heavy atom. The Balaban J connectivity index is 0.737. The predicted molar refractivity (Wildman–Crippen MR) is 207 cm³/mol. The number of fused-ring (bicyclic) bond motifs is 2. The van der Waals surface area contributed by atoms with E-state index in [4.69, 9.17) is 0 Å². The normalized spacial score (nSPS) is 21.0. The number of rotatable bonds is 13. The van der Waals surface area contributed by atoms with Crippen molar-refractivity contribution in [2.24, 2.45) is 0 Å². The van der Waals surface area contributed by atoms with Crippen molar-refractivity contribution >= 4 is 58.1 Å². The highest BCUT2D eigenvalue weighted by molar-refractivity contribution is 6.23. The highest BCUT2D eigenvalue weighted by Gasteiger charge is 2.44. The van der Waals surface area contributed by atoms with E-state index in [0.717, 1.165) is 61.2 Å². The lowest BCUT2D eigenvalue weighted by Gasteiger charge is -2.36. The number of amides is 6. The zero-order valence-corrected chi connectivity index (χ0v) is 31.7. The summed E-state index contributed by atoms with van der Waals surface area (Å²) in [6, 6.07) is 9.75. The second-order valence-electron chi connectivity index (χ2n) is 15.3. The second kappa shape index (κ2) is 16.1. The number of imidazole rings is 1. The Labute approximate surface area is 328 Å². The fourth-order valence-corrected chi connectivity index (χ4v) is 8.10. The maximum Gasteiger partial charge on any atom is 0.270 e. The van der Waals surface area contributed by atoms with Crippen LogP contribution in [0.25, 0.3) is 11.2 Å². The van der Waals surface area contributed by atoms with Crippen LogP contribution < -0.4 is 21.3 Å². The van der Waals surface area contributed by atoms with Crippen LogP contribution in [-0.4, -0.2) is 108 Å². The third-order valence-corrected chi connectivity index (χ3v) is 11.3. The number of aryl methyl sites for hydroxylation is 1. The number of imide groups is 2. The molecule has 57 heavy (non-hydrogen) atoms. The molecule has 1 atom stereocenters. The number of aromatic nitrogens is 5. The van der Waals surface area contributed by atoms with Crippen LogP contribution in [0.1, 0.15) is 107 Å². The minimum absolute atomic E-state index is 0.0563. The Morgan fingerprint density at radius 2 is 1.70 bits per heavy atom. The Kier molecular flexibility index (Phi) is 10.6. The number of carbonyl (C=O) groups is 6. The zero-order chi connectivity index (χ0) is 39.6. The van der Waals surface area contributed by atoms with Gasteiger partial charge in [0.1, 0.15) is 23.6 Å². The minimum Gasteiger partial charge on any atom is -0.385 e. The molecule has 0 spiro atoms. The van der Waals surface area contributed by atoms with Crippen molar-refractivity contribution < 1.29 is 28.8 Å². The van der Waals surface area contributed by atoms with Gasteiger partial charge in [0.15, 0.2) is 11.5 Å². The summed E-state index contributed by atoms with van der Waals surface area (Å²) in [5, 5.41) is 12.1. The molecule has 6 heterocycles. The third kappa shape index (κ3) is 7.91. The molecule has 4 N–H and O–H groups in total. The van der Waals surface area contributed by atoms with Gasteiger partial charge in [0.25, 0.3) is 17.7 Å². The largest absolute Gasteiger partial charge is 0.385 e. The molecule has 4 aromatic rings. The van der Waals surface area contributed by atoms with Gasteiger partial charge in [-0.05, 0) is 82.2 Å². The lowest BCUT2D eigenvalue weighted by molar-refractivity contribution is -0.136. The van der Waals surface area contributed by atoms with Crippen molar-refractivity contribution in [2.45, 2.75) is 95.3 Å². The first-order chi connectivity index (χ1) is 27.6. The summed E-state index contributed by atoms with van der Waals surface area (Å²) in [7, 11) is 0. The molecule has 17 heteroatoms. The van der Waals surface area contributed by atoms with Crippen molar-refractivity contribution in [3.8, 4) is 0 Å². The van der Waals surface area contributed by atoms with E-state index in [9.17, 15) is 28.8 Å². The van der Waals surface area contributed by atoms with Crippen molar-refractivity contribution in [3.05, 3.63) is 71.6 Å². The highest BCUT2D eigenvalue weighted by Crippen LogP contribution is 2.35. The summed E-state index contributed by atoms with van der Waals surface area (Å²) in [6.07, 6.45) is 9.57. The summed E-state index contributed by atoms with van der Waals surface area (Å²) < 4.78 is 2.06. The average molecular weight is 776 g/mol. The van der Waals surface area contributed by atoms with Crippen LogP contribution in [0.4, 0.5) is 11.5 Å². The number of likely N-dealkylation sites (tertiary alicyclic amines) is 1. The maximum absolute atomic E-state index is 13.1. The lowest BCUT2D eigenvalue weighted by atomic mass is 9.86. The smallest absolute Gasteiger partial charge is 0.270 e. The number of unbranched alkanes of at least 4 members (excludes halogenated alkanes) is 2. The van der Waals surface area contributed by atoms with Crippen molar-refractivity contribution in [3.63, 3.8) is 0 Å². The summed E-state index contributed by atoms with van der Waals surface area (Å²) in [4.78, 5) is 96.4. The highest BCUT2D eigenvalue weighted by atomic mass is 16.2. The number of pyridine rings is 1. The average Bonchev–Trinajstić information content (AvgIpc) is 3.72. The summed E-state index contributed by atoms with van der Waals surface area (Å²) in [5.41, 5.74) is 3.85. The van der Waals surface area contributed by atoms with Crippen LogP contribution in [0.2, 0.25) is 0 Å². The molecule has 1 aliphatic carbocycles. The topological polar surface area (TPSA) is 214 Å². The Morgan fingerprint density at radius 1 is 0.895 bits per heavy atom. The molecule has 6 amide bonds. The molecule has 3 aromatic heterocycles.